The minimum absolute atomic E-state index is 0.0526. The maximum absolute atomic E-state index is 12.5. The summed E-state index contributed by atoms with van der Waals surface area (Å²) in [5, 5.41) is 9.01. The molecule has 0 aliphatic carbocycles. The maximum atomic E-state index is 12.5. The van der Waals surface area contributed by atoms with E-state index in [4.69, 9.17) is 14.6 Å². The van der Waals surface area contributed by atoms with Crippen LogP contribution in [0.1, 0.15) is 24.2 Å². The van der Waals surface area contributed by atoms with Crippen LogP contribution in [0.5, 0.6) is 5.75 Å². The van der Waals surface area contributed by atoms with E-state index in [9.17, 15) is 9.59 Å². The molecule has 1 aromatic rings. The number of hydrogen-bond donors (Lipinski definition) is 1. The van der Waals surface area contributed by atoms with Gasteiger partial charge in [-0.3, -0.25) is 4.79 Å². The van der Waals surface area contributed by atoms with Gasteiger partial charge in [0.2, 0.25) is 0 Å². The second kappa shape index (κ2) is 7.78. The molecule has 1 saturated heterocycles. The quantitative estimate of drug-likeness (QED) is 0.840. The van der Waals surface area contributed by atoms with Crippen LogP contribution >= 0.6 is 0 Å². The van der Waals surface area contributed by atoms with Crippen LogP contribution in [-0.2, 0) is 9.53 Å². The van der Waals surface area contributed by atoms with Crippen molar-refractivity contribution in [3.05, 3.63) is 41.5 Å². The van der Waals surface area contributed by atoms with Gasteiger partial charge in [0.1, 0.15) is 12.4 Å². The molecule has 1 aliphatic rings. The lowest BCUT2D eigenvalue weighted by molar-refractivity contribution is -0.154. The molecule has 6 heteroatoms. The number of hydrogen-bond acceptors (Lipinski definition) is 4. The number of carboxylic acids is 1. The van der Waals surface area contributed by atoms with Gasteiger partial charge in [0.05, 0.1) is 13.2 Å². The van der Waals surface area contributed by atoms with Crippen LogP contribution in [0.15, 0.2) is 35.9 Å². The molecule has 1 amide bonds. The summed E-state index contributed by atoms with van der Waals surface area (Å²) in [5.74, 6) is -0.662. The Morgan fingerprint density at radius 1 is 1.43 bits per heavy atom. The van der Waals surface area contributed by atoms with Crippen LogP contribution in [0, 0.1) is 0 Å². The first-order chi connectivity index (χ1) is 11.0. The molecule has 1 atom stereocenters. The van der Waals surface area contributed by atoms with E-state index >= 15 is 0 Å². The van der Waals surface area contributed by atoms with Crippen molar-refractivity contribution in [1.82, 2.24) is 4.90 Å². The van der Waals surface area contributed by atoms with Crippen LogP contribution in [-0.4, -0.2) is 54.3 Å². The second-order valence-electron chi connectivity index (χ2n) is 5.57. The third kappa shape index (κ3) is 4.82. The molecule has 124 valence electrons. The molecular formula is C17H21NO5. The zero-order valence-electron chi connectivity index (χ0n) is 13.3. The molecule has 1 aliphatic heterocycles. The Morgan fingerprint density at radius 2 is 2.22 bits per heavy atom. The third-order valence-corrected chi connectivity index (χ3v) is 3.45. The molecule has 1 unspecified atom stereocenters. The van der Waals surface area contributed by atoms with Crippen molar-refractivity contribution in [3.63, 3.8) is 0 Å². The van der Waals surface area contributed by atoms with E-state index in [1.807, 2.05) is 19.9 Å². The number of ether oxygens (including phenoxy) is 2. The van der Waals surface area contributed by atoms with Gasteiger partial charge in [-0.2, -0.15) is 0 Å². The smallest absolute Gasteiger partial charge is 0.334 e. The van der Waals surface area contributed by atoms with E-state index in [0.717, 1.165) is 5.57 Å². The summed E-state index contributed by atoms with van der Waals surface area (Å²) in [6.45, 7) is 5.07. The van der Waals surface area contributed by atoms with E-state index in [-0.39, 0.29) is 19.1 Å². The van der Waals surface area contributed by atoms with Crippen LogP contribution in [0.25, 0.3) is 0 Å². The first-order valence-electron chi connectivity index (χ1n) is 7.47. The molecule has 6 nitrogen and oxygen atoms in total. The predicted molar refractivity (Wildman–Crippen MR) is 84.6 cm³/mol. The van der Waals surface area contributed by atoms with Gasteiger partial charge in [-0.1, -0.05) is 11.6 Å². The SMILES string of the molecule is CC(C)=CCOc1cccc(C(=O)N2CCOC(C(=O)O)C2)c1. The number of carbonyl (C=O) groups is 2. The molecule has 0 saturated carbocycles. The maximum Gasteiger partial charge on any atom is 0.334 e. The Bertz CT molecular complexity index is 607. The Balaban J connectivity index is 2.04. The van der Waals surface area contributed by atoms with Gasteiger partial charge in [0.25, 0.3) is 5.91 Å². The minimum Gasteiger partial charge on any atom is -0.490 e. The Kier molecular flexibility index (Phi) is 5.76. The van der Waals surface area contributed by atoms with Gasteiger partial charge in [-0.05, 0) is 38.1 Å². The number of morpholine rings is 1. The predicted octanol–water partition coefficient (Wildman–Crippen LogP) is 1.96. The normalized spacial score (nSPS) is 17.5. The molecule has 0 radical (unpaired) electrons. The van der Waals surface area contributed by atoms with Crippen molar-refractivity contribution >= 4 is 11.9 Å². The molecule has 0 aromatic heterocycles. The highest BCUT2D eigenvalue weighted by Gasteiger charge is 2.29. The first kappa shape index (κ1) is 17.0. The third-order valence-electron chi connectivity index (χ3n) is 3.45. The van der Waals surface area contributed by atoms with E-state index in [1.54, 1.807) is 24.3 Å². The molecular weight excluding hydrogens is 298 g/mol. The molecule has 1 fully saturated rings. The van der Waals surface area contributed by atoms with Gasteiger partial charge in [0.15, 0.2) is 6.10 Å². The van der Waals surface area contributed by atoms with Crippen molar-refractivity contribution in [2.75, 3.05) is 26.3 Å². The summed E-state index contributed by atoms with van der Waals surface area (Å²) in [7, 11) is 0. The van der Waals surface area contributed by atoms with E-state index in [1.165, 1.54) is 4.90 Å². The summed E-state index contributed by atoms with van der Waals surface area (Å²) in [6, 6.07) is 6.91. The average Bonchev–Trinajstić information content (AvgIpc) is 2.54. The summed E-state index contributed by atoms with van der Waals surface area (Å²) in [4.78, 5) is 25.0. The molecule has 1 aromatic carbocycles. The van der Waals surface area contributed by atoms with Crippen molar-refractivity contribution in [2.45, 2.75) is 20.0 Å². The van der Waals surface area contributed by atoms with Crippen LogP contribution in [0.3, 0.4) is 0 Å². The minimum atomic E-state index is -1.05. The van der Waals surface area contributed by atoms with Gasteiger partial charge in [-0.25, -0.2) is 4.79 Å². The summed E-state index contributed by atoms with van der Waals surface area (Å²) in [6.07, 6.45) is 0.985. The van der Waals surface area contributed by atoms with E-state index in [0.29, 0.717) is 24.5 Å². The van der Waals surface area contributed by atoms with Gasteiger partial charge >= 0.3 is 5.97 Å². The second-order valence-corrected chi connectivity index (χ2v) is 5.57. The zero-order valence-corrected chi connectivity index (χ0v) is 13.3. The van der Waals surface area contributed by atoms with Crippen molar-refractivity contribution in [2.24, 2.45) is 0 Å². The fraction of sp³-hybridized carbons (Fsp3) is 0.412. The highest BCUT2D eigenvalue weighted by atomic mass is 16.5. The van der Waals surface area contributed by atoms with Crippen LogP contribution < -0.4 is 4.74 Å². The summed E-state index contributed by atoms with van der Waals surface area (Å²) in [5.41, 5.74) is 1.64. The van der Waals surface area contributed by atoms with Gasteiger partial charge in [-0.15, -0.1) is 0 Å². The molecule has 1 heterocycles. The average molecular weight is 319 g/mol. The summed E-state index contributed by atoms with van der Waals surface area (Å²) >= 11 is 0. The highest BCUT2D eigenvalue weighted by molar-refractivity contribution is 5.95. The number of rotatable bonds is 5. The number of benzene rings is 1. The van der Waals surface area contributed by atoms with Crippen molar-refractivity contribution in [1.29, 1.82) is 0 Å². The van der Waals surface area contributed by atoms with Crippen molar-refractivity contribution < 1.29 is 24.2 Å². The van der Waals surface area contributed by atoms with Crippen molar-refractivity contribution in [3.8, 4) is 5.75 Å². The van der Waals surface area contributed by atoms with E-state index in [2.05, 4.69) is 0 Å². The number of carboxylic acid groups (broad SMARTS) is 1. The largest absolute Gasteiger partial charge is 0.490 e. The summed E-state index contributed by atoms with van der Waals surface area (Å²) < 4.78 is 10.7. The lowest BCUT2D eigenvalue weighted by Gasteiger charge is -2.31. The first-order valence-corrected chi connectivity index (χ1v) is 7.47. The molecule has 23 heavy (non-hydrogen) atoms. The number of nitrogens with zero attached hydrogens (tertiary/aromatic N) is 1. The van der Waals surface area contributed by atoms with Crippen LogP contribution in [0.2, 0.25) is 0 Å². The lowest BCUT2D eigenvalue weighted by Crippen LogP contribution is -2.48. The number of amides is 1. The molecule has 2 rings (SSSR count). The van der Waals surface area contributed by atoms with Gasteiger partial charge < -0.3 is 19.5 Å². The molecule has 0 spiro atoms. The topological polar surface area (TPSA) is 76.1 Å². The zero-order chi connectivity index (χ0) is 16.8. The number of aliphatic carboxylic acids is 1. The fourth-order valence-corrected chi connectivity index (χ4v) is 2.19. The lowest BCUT2D eigenvalue weighted by atomic mass is 10.1. The number of carbonyl (C=O) groups excluding carboxylic acids is 1. The molecule has 0 bridgehead atoms. The van der Waals surface area contributed by atoms with E-state index < -0.39 is 12.1 Å². The van der Waals surface area contributed by atoms with Crippen LogP contribution in [0.4, 0.5) is 0 Å². The van der Waals surface area contributed by atoms with Gasteiger partial charge in [0, 0.05) is 12.1 Å². The Morgan fingerprint density at radius 3 is 2.91 bits per heavy atom. The fourth-order valence-electron chi connectivity index (χ4n) is 2.19. The Labute approximate surface area is 135 Å². The molecule has 1 N–H and O–H groups in total. The number of allylic oxidation sites excluding steroid dienone is 1. The monoisotopic (exact) mass is 319 g/mol. The highest BCUT2D eigenvalue weighted by Crippen LogP contribution is 2.17. The Hall–Kier alpha value is -2.34. The standard InChI is InChI=1S/C17H21NO5/c1-12(2)6-8-22-14-5-3-4-13(10-14)16(19)18-7-9-23-15(11-18)17(20)21/h3-6,10,15H,7-9,11H2,1-2H3,(H,20,21).